The number of para-hydroxylation sites is 2. The van der Waals surface area contributed by atoms with E-state index in [9.17, 15) is 9.18 Å². The molecule has 0 unspecified atom stereocenters. The maximum atomic E-state index is 13.2. The minimum atomic E-state index is -0.531. The van der Waals surface area contributed by atoms with Gasteiger partial charge in [-0.1, -0.05) is 23.7 Å². The van der Waals surface area contributed by atoms with Gasteiger partial charge < -0.3 is 14.8 Å². The Morgan fingerprint density at radius 2 is 1.96 bits per heavy atom. The Morgan fingerprint density at radius 1 is 1.19 bits per heavy atom. The summed E-state index contributed by atoms with van der Waals surface area (Å²) in [7, 11) is 1.58. The highest BCUT2D eigenvalue weighted by Gasteiger charge is 2.12. The van der Waals surface area contributed by atoms with E-state index in [0.29, 0.717) is 28.7 Å². The quantitative estimate of drug-likeness (QED) is 0.613. The van der Waals surface area contributed by atoms with Crippen LogP contribution in [0.1, 0.15) is 15.2 Å². The molecule has 0 radical (unpaired) electrons. The monoisotopic (exact) mass is 391 g/mol. The molecule has 0 saturated carbocycles. The van der Waals surface area contributed by atoms with E-state index < -0.39 is 5.82 Å². The molecule has 0 aliphatic carbocycles. The largest absolute Gasteiger partial charge is 0.493 e. The molecule has 7 heteroatoms. The number of thiophene rings is 1. The van der Waals surface area contributed by atoms with Gasteiger partial charge in [0.1, 0.15) is 12.4 Å². The van der Waals surface area contributed by atoms with Gasteiger partial charge in [-0.2, -0.15) is 0 Å². The fraction of sp³-hybridized carbons (Fsp3) is 0.105. The van der Waals surface area contributed by atoms with Crippen LogP contribution in [0.25, 0.3) is 0 Å². The number of halogens is 2. The SMILES string of the molecule is COc1ccccc1OCc1csc(C(=O)Nc2ccc(F)c(Cl)c2)c1. The third kappa shape index (κ3) is 4.33. The van der Waals surface area contributed by atoms with Gasteiger partial charge in [0.25, 0.3) is 5.91 Å². The molecule has 0 spiro atoms. The number of benzene rings is 2. The molecule has 26 heavy (non-hydrogen) atoms. The predicted molar refractivity (Wildman–Crippen MR) is 101 cm³/mol. The van der Waals surface area contributed by atoms with Crippen molar-refractivity contribution in [2.75, 3.05) is 12.4 Å². The molecule has 0 fully saturated rings. The Hall–Kier alpha value is -2.57. The first-order chi connectivity index (χ1) is 12.6. The van der Waals surface area contributed by atoms with Crippen LogP contribution in [-0.2, 0) is 6.61 Å². The van der Waals surface area contributed by atoms with E-state index in [4.69, 9.17) is 21.1 Å². The highest BCUT2D eigenvalue weighted by atomic mass is 35.5. The van der Waals surface area contributed by atoms with Crippen molar-refractivity contribution < 1.29 is 18.7 Å². The zero-order valence-electron chi connectivity index (χ0n) is 13.8. The summed E-state index contributed by atoms with van der Waals surface area (Å²) in [5.74, 6) is 0.458. The Bertz CT molecular complexity index is 929. The first kappa shape index (κ1) is 18.2. The van der Waals surface area contributed by atoms with Crippen molar-refractivity contribution in [2.24, 2.45) is 0 Å². The lowest BCUT2D eigenvalue weighted by Crippen LogP contribution is -2.10. The number of methoxy groups -OCH3 is 1. The van der Waals surface area contributed by atoms with Crippen molar-refractivity contribution in [3.63, 3.8) is 0 Å². The number of carbonyl (C=O) groups is 1. The minimum Gasteiger partial charge on any atom is -0.493 e. The molecule has 3 aromatic rings. The molecule has 2 aromatic carbocycles. The van der Waals surface area contributed by atoms with Crippen LogP contribution in [0.2, 0.25) is 5.02 Å². The molecule has 1 heterocycles. The lowest BCUT2D eigenvalue weighted by atomic mass is 10.3. The van der Waals surface area contributed by atoms with Gasteiger partial charge in [-0.15, -0.1) is 11.3 Å². The van der Waals surface area contributed by atoms with E-state index >= 15 is 0 Å². The van der Waals surface area contributed by atoms with Crippen LogP contribution < -0.4 is 14.8 Å². The van der Waals surface area contributed by atoms with Crippen molar-refractivity contribution in [1.82, 2.24) is 0 Å². The molecule has 4 nitrogen and oxygen atoms in total. The highest BCUT2D eigenvalue weighted by molar-refractivity contribution is 7.12. The van der Waals surface area contributed by atoms with Crippen molar-refractivity contribution in [3.05, 3.63) is 75.2 Å². The summed E-state index contributed by atoms with van der Waals surface area (Å²) in [5.41, 5.74) is 1.30. The number of ether oxygens (including phenoxy) is 2. The average Bonchev–Trinajstić information content (AvgIpc) is 3.12. The van der Waals surface area contributed by atoms with Gasteiger partial charge in [-0.3, -0.25) is 4.79 Å². The van der Waals surface area contributed by atoms with E-state index in [1.807, 2.05) is 29.6 Å². The fourth-order valence-corrected chi connectivity index (χ4v) is 3.21. The molecule has 0 aliphatic rings. The summed E-state index contributed by atoms with van der Waals surface area (Å²) >= 11 is 7.02. The third-order valence-corrected chi connectivity index (χ3v) is 4.79. The molecule has 134 valence electrons. The van der Waals surface area contributed by atoms with Crippen molar-refractivity contribution in [1.29, 1.82) is 0 Å². The maximum Gasteiger partial charge on any atom is 0.265 e. The molecule has 0 atom stereocenters. The van der Waals surface area contributed by atoms with Crippen LogP contribution >= 0.6 is 22.9 Å². The number of amides is 1. The third-order valence-electron chi connectivity index (χ3n) is 3.52. The summed E-state index contributed by atoms with van der Waals surface area (Å²) in [4.78, 5) is 12.8. The Labute approximate surface area is 159 Å². The second kappa shape index (κ2) is 8.21. The van der Waals surface area contributed by atoms with Crippen LogP contribution in [0, 0.1) is 5.82 Å². The van der Waals surface area contributed by atoms with E-state index in [2.05, 4.69) is 5.32 Å². The smallest absolute Gasteiger partial charge is 0.265 e. The standard InChI is InChI=1S/C19H15ClFNO3S/c1-24-16-4-2-3-5-17(16)25-10-12-8-18(26-11-12)19(23)22-13-6-7-15(21)14(20)9-13/h2-9,11H,10H2,1H3,(H,22,23). The fourth-order valence-electron chi connectivity index (χ4n) is 2.24. The molecular formula is C19H15ClFNO3S. The van der Waals surface area contributed by atoms with E-state index in [1.54, 1.807) is 13.2 Å². The van der Waals surface area contributed by atoms with E-state index in [1.165, 1.54) is 29.5 Å². The summed E-state index contributed by atoms with van der Waals surface area (Å²) in [5, 5.41) is 4.50. The highest BCUT2D eigenvalue weighted by Crippen LogP contribution is 2.27. The van der Waals surface area contributed by atoms with Gasteiger partial charge in [-0.25, -0.2) is 4.39 Å². The normalized spacial score (nSPS) is 10.4. The Morgan fingerprint density at radius 3 is 2.69 bits per heavy atom. The second-order valence-electron chi connectivity index (χ2n) is 5.34. The Balaban J connectivity index is 1.63. The van der Waals surface area contributed by atoms with Crippen LogP contribution in [0.15, 0.2) is 53.9 Å². The molecule has 1 aromatic heterocycles. The van der Waals surface area contributed by atoms with E-state index in [0.717, 1.165) is 5.56 Å². The van der Waals surface area contributed by atoms with E-state index in [-0.39, 0.29) is 10.9 Å². The average molecular weight is 392 g/mol. The molecule has 1 N–H and O–H groups in total. The van der Waals surface area contributed by atoms with Gasteiger partial charge >= 0.3 is 0 Å². The Kier molecular flexibility index (Phi) is 5.75. The van der Waals surface area contributed by atoms with Gasteiger partial charge in [0.05, 0.1) is 17.0 Å². The second-order valence-corrected chi connectivity index (χ2v) is 6.66. The van der Waals surface area contributed by atoms with Crippen molar-refractivity contribution in [2.45, 2.75) is 6.61 Å². The number of hydrogen-bond acceptors (Lipinski definition) is 4. The molecule has 0 aliphatic heterocycles. The summed E-state index contributed by atoms with van der Waals surface area (Å²) in [6, 6.07) is 13.1. The molecule has 0 bridgehead atoms. The zero-order chi connectivity index (χ0) is 18.5. The van der Waals surface area contributed by atoms with Crippen molar-refractivity contribution in [3.8, 4) is 11.5 Å². The van der Waals surface area contributed by atoms with Crippen LogP contribution in [0.4, 0.5) is 10.1 Å². The van der Waals surface area contributed by atoms with Gasteiger partial charge in [0, 0.05) is 11.3 Å². The molecule has 3 rings (SSSR count). The number of rotatable bonds is 6. The van der Waals surface area contributed by atoms with Crippen LogP contribution in [0.3, 0.4) is 0 Å². The van der Waals surface area contributed by atoms with Gasteiger partial charge in [0.2, 0.25) is 0 Å². The lowest BCUT2D eigenvalue weighted by Gasteiger charge is -2.09. The minimum absolute atomic E-state index is 0.0418. The van der Waals surface area contributed by atoms with Gasteiger partial charge in [0.15, 0.2) is 11.5 Å². The zero-order valence-corrected chi connectivity index (χ0v) is 15.4. The summed E-state index contributed by atoms with van der Waals surface area (Å²) in [6.07, 6.45) is 0. The maximum absolute atomic E-state index is 13.2. The first-order valence-electron chi connectivity index (χ1n) is 7.66. The summed E-state index contributed by atoms with van der Waals surface area (Å²) < 4.78 is 24.2. The summed E-state index contributed by atoms with van der Waals surface area (Å²) in [6.45, 7) is 0.312. The lowest BCUT2D eigenvalue weighted by molar-refractivity contribution is 0.103. The van der Waals surface area contributed by atoms with Crippen LogP contribution in [-0.4, -0.2) is 13.0 Å². The van der Waals surface area contributed by atoms with Crippen LogP contribution in [0.5, 0.6) is 11.5 Å². The number of nitrogens with one attached hydrogen (secondary N) is 1. The molecule has 1 amide bonds. The molecular weight excluding hydrogens is 377 g/mol. The number of hydrogen-bond donors (Lipinski definition) is 1. The van der Waals surface area contributed by atoms with Gasteiger partial charge in [-0.05, 0) is 41.8 Å². The number of carbonyl (C=O) groups excluding carboxylic acids is 1. The van der Waals surface area contributed by atoms with Crippen molar-refractivity contribution >= 4 is 34.5 Å². The number of anilines is 1. The topological polar surface area (TPSA) is 47.6 Å². The first-order valence-corrected chi connectivity index (χ1v) is 8.92. The predicted octanol–water partition coefficient (Wildman–Crippen LogP) is 5.38. The molecule has 0 saturated heterocycles.